The number of carbonyl (C=O) groups excluding carboxylic acids is 2. The number of benzene rings is 2. The van der Waals surface area contributed by atoms with Gasteiger partial charge in [0.1, 0.15) is 17.3 Å². The molecule has 0 fully saturated rings. The number of ether oxygens (including phenoxy) is 2. The number of amides is 2. The SMILES string of the molecule is Cc1cccc(OCCC(=O)NNC(=O)COc2ccc(F)cc2)c1C. The Bertz CT molecular complexity index is 763. The van der Waals surface area contributed by atoms with Gasteiger partial charge in [-0.1, -0.05) is 12.1 Å². The van der Waals surface area contributed by atoms with Gasteiger partial charge in [-0.05, 0) is 55.3 Å². The minimum atomic E-state index is -0.530. The largest absolute Gasteiger partial charge is 0.493 e. The molecule has 0 heterocycles. The highest BCUT2D eigenvalue weighted by atomic mass is 19.1. The van der Waals surface area contributed by atoms with Crippen molar-refractivity contribution in [2.45, 2.75) is 20.3 Å². The summed E-state index contributed by atoms with van der Waals surface area (Å²) in [6.07, 6.45) is 0.0898. The zero-order valence-electron chi connectivity index (χ0n) is 14.7. The van der Waals surface area contributed by atoms with E-state index in [1.165, 1.54) is 24.3 Å². The fourth-order valence-electron chi connectivity index (χ4n) is 2.05. The summed E-state index contributed by atoms with van der Waals surface area (Å²) in [5.74, 6) is -0.218. The van der Waals surface area contributed by atoms with Crippen LogP contribution in [0.2, 0.25) is 0 Å². The Morgan fingerprint density at radius 3 is 2.38 bits per heavy atom. The van der Waals surface area contributed by atoms with E-state index in [0.29, 0.717) is 5.75 Å². The van der Waals surface area contributed by atoms with E-state index >= 15 is 0 Å². The highest BCUT2D eigenvalue weighted by Crippen LogP contribution is 2.20. The van der Waals surface area contributed by atoms with Crippen LogP contribution in [0.1, 0.15) is 17.5 Å². The zero-order valence-corrected chi connectivity index (χ0v) is 14.7. The van der Waals surface area contributed by atoms with Crippen LogP contribution in [-0.4, -0.2) is 25.0 Å². The predicted octanol–water partition coefficient (Wildman–Crippen LogP) is 2.44. The molecule has 2 N–H and O–H groups in total. The number of nitrogens with one attached hydrogen (secondary N) is 2. The molecule has 0 spiro atoms. The van der Waals surface area contributed by atoms with Crippen molar-refractivity contribution in [3.8, 4) is 11.5 Å². The van der Waals surface area contributed by atoms with Crippen LogP contribution < -0.4 is 20.3 Å². The lowest BCUT2D eigenvalue weighted by Crippen LogP contribution is -2.44. The van der Waals surface area contributed by atoms with Gasteiger partial charge >= 0.3 is 0 Å². The normalized spacial score (nSPS) is 10.1. The summed E-state index contributed by atoms with van der Waals surface area (Å²) in [7, 11) is 0. The van der Waals surface area contributed by atoms with Gasteiger partial charge in [-0.3, -0.25) is 20.4 Å². The Morgan fingerprint density at radius 1 is 0.962 bits per heavy atom. The van der Waals surface area contributed by atoms with E-state index < -0.39 is 11.7 Å². The molecule has 2 amide bonds. The maximum atomic E-state index is 12.8. The first kappa shape index (κ1) is 19.2. The van der Waals surface area contributed by atoms with Gasteiger partial charge in [-0.15, -0.1) is 0 Å². The molecule has 2 aromatic rings. The van der Waals surface area contributed by atoms with E-state index in [2.05, 4.69) is 10.9 Å². The lowest BCUT2D eigenvalue weighted by atomic mass is 10.1. The summed E-state index contributed by atoms with van der Waals surface area (Å²) in [6, 6.07) is 11.0. The summed E-state index contributed by atoms with van der Waals surface area (Å²) in [4.78, 5) is 23.3. The van der Waals surface area contributed by atoms with Crippen molar-refractivity contribution in [1.82, 2.24) is 10.9 Å². The molecular weight excluding hydrogens is 339 g/mol. The number of aryl methyl sites for hydroxylation is 1. The molecule has 2 aromatic carbocycles. The second-order valence-corrected chi connectivity index (χ2v) is 5.64. The first-order valence-corrected chi connectivity index (χ1v) is 8.11. The van der Waals surface area contributed by atoms with Crippen molar-refractivity contribution < 1.29 is 23.5 Å². The Labute approximate surface area is 151 Å². The smallest absolute Gasteiger partial charge is 0.276 e. The number of halogens is 1. The highest BCUT2D eigenvalue weighted by molar-refractivity contribution is 5.82. The Hall–Kier alpha value is -3.09. The molecule has 0 radical (unpaired) electrons. The third kappa shape index (κ3) is 6.08. The van der Waals surface area contributed by atoms with Crippen LogP contribution in [0.25, 0.3) is 0 Å². The molecule has 0 aliphatic carbocycles. The van der Waals surface area contributed by atoms with Crippen LogP contribution in [0.15, 0.2) is 42.5 Å². The maximum Gasteiger partial charge on any atom is 0.276 e. The number of hydrogen-bond acceptors (Lipinski definition) is 4. The van der Waals surface area contributed by atoms with E-state index in [4.69, 9.17) is 9.47 Å². The minimum Gasteiger partial charge on any atom is -0.493 e. The van der Waals surface area contributed by atoms with E-state index in [-0.39, 0.29) is 25.5 Å². The van der Waals surface area contributed by atoms with Gasteiger partial charge in [0.15, 0.2) is 6.61 Å². The third-order valence-electron chi connectivity index (χ3n) is 3.67. The van der Waals surface area contributed by atoms with Gasteiger partial charge in [0.2, 0.25) is 5.91 Å². The van der Waals surface area contributed by atoms with E-state index in [1.54, 1.807) is 0 Å². The average Bonchev–Trinajstić information content (AvgIpc) is 2.63. The van der Waals surface area contributed by atoms with Gasteiger partial charge in [0.25, 0.3) is 5.91 Å². The summed E-state index contributed by atoms with van der Waals surface area (Å²) in [6.45, 7) is 3.83. The second kappa shape index (κ2) is 9.41. The first-order chi connectivity index (χ1) is 12.5. The van der Waals surface area contributed by atoms with Crippen molar-refractivity contribution in [1.29, 1.82) is 0 Å². The topological polar surface area (TPSA) is 76.7 Å². The number of carbonyl (C=O) groups is 2. The monoisotopic (exact) mass is 360 g/mol. The molecule has 26 heavy (non-hydrogen) atoms. The average molecular weight is 360 g/mol. The quantitative estimate of drug-likeness (QED) is 0.744. The van der Waals surface area contributed by atoms with Gasteiger partial charge < -0.3 is 9.47 Å². The Balaban J connectivity index is 1.64. The molecular formula is C19H21FN2O4. The van der Waals surface area contributed by atoms with Gasteiger partial charge in [0.05, 0.1) is 13.0 Å². The molecule has 0 aliphatic heterocycles. The van der Waals surface area contributed by atoms with Crippen molar-refractivity contribution in [3.05, 3.63) is 59.4 Å². The van der Waals surface area contributed by atoms with Crippen LogP contribution in [0.3, 0.4) is 0 Å². The Kier molecular flexibility index (Phi) is 6.96. The first-order valence-electron chi connectivity index (χ1n) is 8.11. The van der Waals surface area contributed by atoms with Crippen molar-refractivity contribution in [3.63, 3.8) is 0 Å². The minimum absolute atomic E-state index is 0.0898. The number of hydrazine groups is 1. The molecule has 0 aromatic heterocycles. The number of rotatable bonds is 7. The lowest BCUT2D eigenvalue weighted by Gasteiger charge is -2.11. The standard InChI is InChI=1S/C19H21FN2O4/c1-13-4-3-5-17(14(13)2)25-11-10-18(23)21-22-19(24)12-26-16-8-6-15(20)7-9-16/h3-9H,10-12H2,1-2H3,(H,21,23)(H,22,24). The van der Waals surface area contributed by atoms with E-state index in [1.807, 2.05) is 32.0 Å². The molecule has 6 nitrogen and oxygen atoms in total. The molecule has 138 valence electrons. The van der Waals surface area contributed by atoms with Gasteiger partial charge in [-0.2, -0.15) is 0 Å². The van der Waals surface area contributed by atoms with Crippen molar-refractivity contribution >= 4 is 11.8 Å². The zero-order chi connectivity index (χ0) is 18.9. The molecule has 0 aliphatic rings. The molecule has 0 bridgehead atoms. The maximum absolute atomic E-state index is 12.8. The molecule has 7 heteroatoms. The van der Waals surface area contributed by atoms with Crippen LogP contribution in [-0.2, 0) is 9.59 Å². The third-order valence-corrected chi connectivity index (χ3v) is 3.67. The summed E-state index contributed by atoms with van der Waals surface area (Å²) >= 11 is 0. The van der Waals surface area contributed by atoms with E-state index in [0.717, 1.165) is 16.9 Å². The molecule has 0 saturated carbocycles. The molecule has 2 rings (SSSR count). The summed E-state index contributed by atoms with van der Waals surface area (Å²) in [5, 5.41) is 0. The lowest BCUT2D eigenvalue weighted by molar-refractivity contribution is -0.130. The number of hydrogen-bond donors (Lipinski definition) is 2. The second-order valence-electron chi connectivity index (χ2n) is 5.64. The molecule has 0 unspecified atom stereocenters. The Morgan fingerprint density at radius 2 is 1.65 bits per heavy atom. The molecule has 0 saturated heterocycles. The van der Waals surface area contributed by atoms with Crippen LogP contribution in [0.4, 0.5) is 4.39 Å². The van der Waals surface area contributed by atoms with Crippen LogP contribution >= 0.6 is 0 Å². The van der Waals surface area contributed by atoms with Gasteiger partial charge in [0, 0.05) is 0 Å². The summed E-state index contributed by atoms with van der Waals surface area (Å²) < 4.78 is 23.5. The van der Waals surface area contributed by atoms with Crippen molar-refractivity contribution in [2.24, 2.45) is 0 Å². The van der Waals surface area contributed by atoms with Gasteiger partial charge in [-0.25, -0.2) is 4.39 Å². The fourth-order valence-corrected chi connectivity index (χ4v) is 2.05. The molecule has 0 atom stereocenters. The van der Waals surface area contributed by atoms with Crippen molar-refractivity contribution in [2.75, 3.05) is 13.2 Å². The highest BCUT2D eigenvalue weighted by Gasteiger charge is 2.07. The van der Waals surface area contributed by atoms with Crippen LogP contribution in [0.5, 0.6) is 11.5 Å². The van der Waals surface area contributed by atoms with E-state index in [9.17, 15) is 14.0 Å². The predicted molar refractivity (Wildman–Crippen MR) is 94.2 cm³/mol. The fraction of sp³-hybridized carbons (Fsp3) is 0.263. The summed E-state index contributed by atoms with van der Waals surface area (Å²) in [5.41, 5.74) is 6.66. The van der Waals surface area contributed by atoms with Crippen LogP contribution in [0, 0.1) is 19.7 Å².